The Balaban J connectivity index is 1.67. The fourth-order valence-corrected chi connectivity index (χ4v) is 2.48. The van der Waals surface area contributed by atoms with Gasteiger partial charge >= 0.3 is 11.9 Å². The van der Waals surface area contributed by atoms with Crippen LogP contribution in [-0.2, 0) is 27.4 Å². The maximum atomic E-state index is 12.3. The normalized spacial score (nSPS) is 10.7. The summed E-state index contributed by atoms with van der Waals surface area (Å²) in [6, 6.07) is 8.33. The van der Waals surface area contributed by atoms with Crippen molar-refractivity contribution in [1.82, 2.24) is 9.55 Å². The summed E-state index contributed by atoms with van der Waals surface area (Å²) in [7, 11) is 1.27. The van der Waals surface area contributed by atoms with Crippen molar-refractivity contribution in [3.05, 3.63) is 64.1 Å². The van der Waals surface area contributed by atoms with Gasteiger partial charge in [0.05, 0.1) is 24.3 Å². The topological polar surface area (TPSA) is 101 Å². The Labute approximate surface area is 148 Å². The number of methoxy groups -OCH3 is 1. The first-order valence-corrected chi connectivity index (χ1v) is 7.77. The molecule has 0 bridgehead atoms. The number of nitrogens with zero attached hydrogens (tertiary/aromatic N) is 2. The van der Waals surface area contributed by atoms with Gasteiger partial charge in [0.15, 0.2) is 0 Å². The highest BCUT2D eigenvalue weighted by Gasteiger charge is 2.16. The number of benzene rings is 1. The van der Waals surface area contributed by atoms with Crippen LogP contribution in [0.4, 0.5) is 0 Å². The summed E-state index contributed by atoms with van der Waals surface area (Å²) in [4.78, 5) is 40.0. The minimum Gasteiger partial charge on any atom is -0.465 e. The summed E-state index contributed by atoms with van der Waals surface area (Å²) >= 11 is 0. The average molecular weight is 356 g/mol. The fourth-order valence-electron chi connectivity index (χ4n) is 2.48. The van der Waals surface area contributed by atoms with E-state index in [0.717, 1.165) is 0 Å². The van der Waals surface area contributed by atoms with E-state index in [1.807, 2.05) is 0 Å². The van der Waals surface area contributed by atoms with E-state index < -0.39 is 11.9 Å². The maximum absolute atomic E-state index is 12.3. The van der Waals surface area contributed by atoms with Crippen LogP contribution in [-0.4, -0.2) is 28.6 Å². The summed E-state index contributed by atoms with van der Waals surface area (Å²) in [6.45, 7) is 1.17. The van der Waals surface area contributed by atoms with Crippen molar-refractivity contribution in [3.8, 4) is 0 Å². The van der Waals surface area contributed by atoms with Crippen LogP contribution in [0.3, 0.4) is 0 Å². The number of esters is 2. The van der Waals surface area contributed by atoms with Crippen molar-refractivity contribution in [2.75, 3.05) is 7.11 Å². The van der Waals surface area contributed by atoms with Gasteiger partial charge in [-0.05, 0) is 25.1 Å². The van der Waals surface area contributed by atoms with Crippen molar-refractivity contribution in [2.24, 2.45) is 0 Å². The van der Waals surface area contributed by atoms with E-state index in [-0.39, 0.29) is 24.3 Å². The Hall–Kier alpha value is -3.42. The number of aryl methyl sites for hydroxylation is 1. The largest absolute Gasteiger partial charge is 0.465 e. The molecule has 0 aliphatic heterocycles. The monoisotopic (exact) mass is 356 g/mol. The van der Waals surface area contributed by atoms with Gasteiger partial charge in [-0.3, -0.25) is 14.2 Å². The quantitative estimate of drug-likeness (QED) is 0.643. The highest BCUT2D eigenvalue weighted by Crippen LogP contribution is 2.16. The third-order valence-electron chi connectivity index (χ3n) is 3.78. The summed E-state index contributed by atoms with van der Waals surface area (Å²) in [6.07, 6.45) is 1.30. The Kier molecular flexibility index (Phi) is 4.83. The van der Waals surface area contributed by atoms with E-state index in [2.05, 4.69) is 9.72 Å². The Morgan fingerprint density at radius 3 is 2.81 bits per heavy atom. The lowest BCUT2D eigenvalue weighted by molar-refractivity contribution is -0.146. The minimum absolute atomic E-state index is 0.160. The van der Waals surface area contributed by atoms with Crippen LogP contribution in [0.25, 0.3) is 10.9 Å². The summed E-state index contributed by atoms with van der Waals surface area (Å²) in [5.41, 5.74) is 0.506. The molecular weight excluding hydrogens is 340 g/mol. The predicted octanol–water partition coefficient (Wildman–Crippen LogP) is 1.83. The molecule has 0 unspecified atom stereocenters. The molecule has 0 spiro atoms. The molecule has 0 amide bonds. The molecule has 0 aliphatic rings. The van der Waals surface area contributed by atoms with Gasteiger partial charge in [-0.2, -0.15) is 0 Å². The third kappa shape index (κ3) is 3.49. The molecule has 8 nitrogen and oxygen atoms in total. The number of ether oxygens (including phenoxy) is 2. The minimum atomic E-state index is -0.627. The van der Waals surface area contributed by atoms with Crippen molar-refractivity contribution in [3.63, 3.8) is 0 Å². The van der Waals surface area contributed by atoms with Gasteiger partial charge < -0.3 is 13.9 Å². The molecule has 2 aromatic heterocycles. The van der Waals surface area contributed by atoms with Gasteiger partial charge in [0.25, 0.3) is 5.56 Å². The smallest absolute Gasteiger partial charge is 0.341 e. The second-order valence-electron chi connectivity index (χ2n) is 5.53. The number of hydrogen-bond donors (Lipinski definition) is 0. The average Bonchev–Trinajstić information content (AvgIpc) is 3.02. The van der Waals surface area contributed by atoms with Crippen molar-refractivity contribution in [1.29, 1.82) is 0 Å². The van der Waals surface area contributed by atoms with Crippen molar-refractivity contribution in [2.45, 2.75) is 20.1 Å². The predicted molar refractivity (Wildman–Crippen MR) is 90.6 cm³/mol. The van der Waals surface area contributed by atoms with Crippen LogP contribution in [0.2, 0.25) is 0 Å². The van der Waals surface area contributed by atoms with E-state index in [1.54, 1.807) is 31.2 Å². The van der Waals surface area contributed by atoms with Crippen LogP contribution in [0.15, 0.2) is 45.9 Å². The first-order chi connectivity index (χ1) is 12.5. The van der Waals surface area contributed by atoms with Gasteiger partial charge in [0, 0.05) is 0 Å². The lowest BCUT2D eigenvalue weighted by Crippen LogP contribution is -2.25. The third-order valence-corrected chi connectivity index (χ3v) is 3.78. The first-order valence-electron chi connectivity index (χ1n) is 7.77. The van der Waals surface area contributed by atoms with Gasteiger partial charge in [-0.25, -0.2) is 9.78 Å². The van der Waals surface area contributed by atoms with E-state index in [1.165, 1.54) is 24.1 Å². The Morgan fingerprint density at radius 2 is 2.04 bits per heavy atom. The Bertz CT molecular complexity index is 1030. The SMILES string of the molecule is COC(=O)c1cc(COC(=O)Cn2cnc3ccccc3c2=O)oc1C. The van der Waals surface area contributed by atoms with Gasteiger partial charge in [-0.1, -0.05) is 12.1 Å². The van der Waals surface area contributed by atoms with E-state index in [9.17, 15) is 14.4 Å². The molecule has 3 rings (SSSR count). The van der Waals surface area contributed by atoms with Gasteiger partial charge in [0.2, 0.25) is 0 Å². The summed E-state index contributed by atoms with van der Waals surface area (Å²) < 4.78 is 16.3. The molecule has 1 aromatic carbocycles. The second-order valence-corrected chi connectivity index (χ2v) is 5.53. The number of rotatable bonds is 5. The zero-order valence-electron chi connectivity index (χ0n) is 14.2. The zero-order valence-corrected chi connectivity index (χ0v) is 14.2. The second kappa shape index (κ2) is 7.22. The molecule has 0 aliphatic carbocycles. The first kappa shape index (κ1) is 17.4. The van der Waals surface area contributed by atoms with Gasteiger partial charge in [-0.15, -0.1) is 0 Å². The number of furan rings is 1. The Morgan fingerprint density at radius 1 is 1.27 bits per heavy atom. The van der Waals surface area contributed by atoms with Crippen LogP contribution >= 0.6 is 0 Å². The molecule has 2 heterocycles. The van der Waals surface area contributed by atoms with E-state index >= 15 is 0 Å². The lowest BCUT2D eigenvalue weighted by atomic mass is 10.2. The van der Waals surface area contributed by atoms with E-state index in [0.29, 0.717) is 22.4 Å². The van der Waals surface area contributed by atoms with Crippen LogP contribution in [0.5, 0.6) is 0 Å². The molecular formula is C18H16N2O6. The molecule has 26 heavy (non-hydrogen) atoms. The highest BCUT2D eigenvalue weighted by molar-refractivity contribution is 5.90. The zero-order chi connectivity index (χ0) is 18.7. The lowest BCUT2D eigenvalue weighted by Gasteiger charge is -2.06. The molecule has 0 atom stereocenters. The van der Waals surface area contributed by atoms with Crippen LogP contribution in [0, 0.1) is 6.92 Å². The molecule has 134 valence electrons. The number of hydrogen-bond acceptors (Lipinski definition) is 7. The maximum Gasteiger partial charge on any atom is 0.341 e. The molecule has 0 fully saturated rings. The van der Waals surface area contributed by atoms with Gasteiger partial charge in [0.1, 0.15) is 30.2 Å². The van der Waals surface area contributed by atoms with E-state index in [4.69, 9.17) is 9.15 Å². The van der Waals surface area contributed by atoms with Crippen LogP contribution < -0.4 is 5.56 Å². The van der Waals surface area contributed by atoms with Crippen molar-refractivity contribution >= 4 is 22.8 Å². The summed E-state index contributed by atoms with van der Waals surface area (Å²) in [5, 5.41) is 0.423. The fraction of sp³-hybridized carbons (Fsp3) is 0.222. The van der Waals surface area contributed by atoms with Crippen molar-refractivity contribution < 1.29 is 23.5 Å². The standard InChI is InChI=1S/C18H16N2O6/c1-11-14(18(23)24-2)7-12(26-11)9-25-16(21)8-20-10-19-15-6-4-3-5-13(15)17(20)22/h3-7,10H,8-9H2,1-2H3. The molecule has 3 aromatic rings. The molecule has 0 saturated carbocycles. The molecule has 0 saturated heterocycles. The molecule has 0 N–H and O–H groups in total. The number of para-hydroxylation sites is 1. The number of aromatic nitrogens is 2. The highest BCUT2D eigenvalue weighted by atomic mass is 16.5. The number of carbonyl (C=O) groups is 2. The summed E-state index contributed by atoms with van der Waals surface area (Å²) in [5.74, 6) is -0.478. The molecule has 8 heteroatoms. The number of fused-ring (bicyclic) bond motifs is 1. The number of carbonyl (C=O) groups excluding carboxylic acids is 2. The van der Waals surface area contributed by atoms with Crippen LogP contribution in [0.1, 0.15) is 21.9 Å². The molecule has 0 radical (unpaired) electrons.